The van der Waals surface area contributed by atoms with Gasteiger partial charge in [-0.2, -0.15) is 0 Å². The summed E-state index contributed by atoms with van der Waals surface area (Å²) in [6.45, 7) is 5.93. The number of carbonyl (C=O) groups is 3. The van der Waals surface area contributed by atoms with Crippen molar-refractivity contribution in [2.24, 2.45) is 11.8 Å². The first-order chi connectivity index (χ1) is 15.5. The maximum absolute atomic E-state index is 13.0. The van der Waals surface area contributed by atoms with Crippen molar-refractivity contribution in [3.63, 3.8) is 0 Å². The molecule has 1 saturated heterocycles. The predicted molar refractivity (Wildman–Crippen MR) is 121 cm³/mol. The van der Waals surface area contributed by atoms with E-state index in [-0.39, 0.29) is 42.5 Å². The second kappa shape index (κ2) is 11.3. The first kappa shape index (κ1) is 24.1. The SMILES string of the molecule is CCCOc1ccc(CN(CCC)C(=O)CCN2C(=O)[C@@H]3CCCC[C@H]3C2=O)cc1OC. The second-order valence-electron chi connectivity index (χ2n) is 8.72. The lowest BCUT2D eigenvalue weighted by atomic mass is 9.81. The number of imide groups is 1. The summed E-state index contributed by atoms with van der Waals surface area (Å²) in [6.07, 6.45) is 5.49. The van der Waals surface area contributed by atoms with E-state index in [4.69, 9.17) is 9.47 Å². The molecule has 3 rings (SSSR count). The van der Waals surface area contributed by atoms with Crippen LogP contribution < -0.4 is 9.47 Å². The summed E-state index contributed by atoms with van der Waals surface area (Å²) in [6, 6.07) is 5.72. The molecule has 7 nitrogen and oxygen atoms in total. The molecule has 3 amide bonds. The molecule has 1 aromatic rings. The quantitative estimate of drug-likeness (QED) is 0.486. The number of hydrogen-bond donors (Lipinski definition) is 0. The Morgan fingerprint density at radius 2 is 1.75 bits per heavy atom. The molecule has 0 radical (unpaired) electrons. The van der Waals surface area contributed by atoms with E-state index in [1.165, 1.54) is 4.90 Å². The van der Waals surface area contributed by atoms with Gasteiger partial charge in [0.2, 0.25) is 17.7 Å². The molecule has 2 fully saturated rings. The maximum atomic E-state index is 13.0. The van der Waals surface area contributed by atoms with E-state index in [0.717, 1.165) is 44.1 Å². The number of carbonyl (C=O) groups excluding carboxylic acids is 3. The van der Waals surface area contributed by atoms with Crippen LogP contribution in [0.15, 0.2) is 18.2 Å². The van der Waals surface area contributed by atoms with Crippen LogP contribution in [-0.2, 0) is 20.9 Å². The summed E-state index contributed by atoms with van der Waals surface area (Å²) in [5.41, 5.74) is 0.951. The molecule has 1 aliphatic carbocycles. The molecule has 1 saturated carbocycles. The predicted octanol–water partition coefficient (Wildman–Crippen LogP) is 3.79. The van der Waals surface area contributed by atoms with Crippen molar-refractivity contribution in [2.45, 2.75) is 65.3 Å². The van der Waals surface area contributed by atoms with Crippen molar-refractivity contribution >= 4 is 17.7 Å². The minimum Gasteiger partial charge on any atom is -0.493 e. The summed E-state index contributed by atoms with van der Waals surface area (Å²) < 4.78 is 11.2. The Kier molecular flexibility index (Phi) is 8.53. The Bertz CT molecular complexity index is 801. The number of methoxy groups -OCH3 is 1. The third-order valence-corrected chi connectivity index (χ3v) is 6.39. The fraction of sp³-hybridized carbons (Fsp3) is 0.640. The van der Waals surface area contributed by atoms with Gasteiger partial charge in [-0.25, -0.2) is 0 Å². The average molecular weight is 445 g/mol. The molecule has 0 spiro atoms. The Morgan fingerprint density at radius 3 is 2.34 bits per heavy atom. The lowest BCUT2D eigenvalue weighted by Gasteiger charge is -2.24. The van der Waals surface area contributed by atoms with E-state index in [0.29, 0.717) is 31.2 Å². The topological polar surface area (TPSA) is 76.2 Å². The van der Waals surface area contributed by atoms with Crippen molar-refractivity contribution in [3.05, 3.63) is 23.8 Å². The van der Waals surface area contributed by atoms with Crippen molar-refractivity contribution in [2.75, 3.05) is 26.8 Å². The van der Waals surface area contributed by atoms with E-state index in [9.17, 15) is 14.4 Å². The van der Waals surface area contributed by atoms with Crippen LogP contribution in [-0.4, -0.2) is 54.3 Å². The van der Waals surface area contributed by atoms with Crippen molar-refractivity contribution in [1.29, 1.82) is 0 Å². The fourth-order valence-corrected chi connectivity index (χ4v) is 4.74. The molecule has 2 atom stereocenters. The molecule has 1 aliphatic heterocycles. The van der Waals surface area contributed by atoms with Crippen molar-refractivity contribution in [1.82, 2.24) is 9.80 Å². The molecular weight excluding hydrogens is 408 g/mol. The van der Waals surface area contributed by atoms with Gasteiger partial charge in [-0.05, 0) is 43.4 Å². The Hall–Kier alpha value is -2.57. The number of amides is 3. The number of fused-ring (bicyclic) bond motifs is 1. The number of rotatable bonds is 11. The van der Waals surface area contributed by atoms with Gasteiger partial charge >= 0.3 is 0 Å². The van der Waals surface area contributed by atoms with Crippen molar-refractivity contribution in [3.8, 4) is 11.5 Å². The molecule has 2 aliphatic rings. The minimum atomic E-state index is -0.168. The highest BCUT2D eigenvalue weighted by atomic mass is 16.5. The summed E-state index contributed by atoms with van der Waals surface area (Å²) in [7, 11) is 1.61. The smallest absolute Gasteiger partial charge is 0.233 e. The Balaban J connectivity index is 1.62. The third kappa shape index (κ3) is 5.43. The normalized spacial score (nSPS) is 20.3. The molecule has 0 bridgehead atoms. The van der Waals surface area contributed by atoms with Crippen LogP contribution in [0, 0.1) is 11.8 Å². The number of nitrogens with zero attached hydrogens (tertiary/aromatic N) is 2. The zero-order valence-corrected chi connectivity index (χ0v) is 19.6. The number of hydrogen-bond acceptors (Lipinski definition) is 5. The van der Waals surface area contributed by atoms with Crippen LogP contribution >= 0.6 is 0 Å². The highest BCUT2D eigenvalue weighted by Crippen LogP contribution is 2.38. The zero-order valence-electron chi connectivity index (χ0n) is 19.6. The summed E-state index contributed by atoms with van der Waals surface area (Å²) in [5.74, 6) is 0.796. The van der Waals surface area contributed by atoms with Crippen LogP contribution in [0.2, 0.25) is 0 Å². The second-order valence-corrected chi connectivity index (χ2v) is 8.72. The van der Waals surface area contributed by atoms with E-state index in [1.807, 2.05) is 32.0 Å². The van der Waals surface area contributed by atoms with Gasteiger partial charge < -0.3 is 14.4 Å². The third-order valence-electron chi connectivity index (χ3n) is 6.39. The van der Waals surface area contributed by atoms with Gasteiger partial charge in [0.05, 0.1) is 25.6 Å². The Labute approximate surface area is 191 Å². The monoisotopic (exact) mass is 444 g/mol. The standard InChI is InChI=1S/C25H36N2O5/c1-4-13-26(17-18-10-11-21(32-15-5-2)22(16-18)31-3)23(28)12-14-27-24(29)19-8-6-7-9-20(19)25(27)30/h10-11,16,19-20H,4-9,12-15,17H2,1-3H3/t19-,20-/m1/s1. The van der Waals surface area contributed by atoms with Crippen LogP contribution in [0.3, 0.4) is 0 Å². The van der Waals surface area contributed by atoms with E-state index < -0.39 is 0 Å². The average Bonchev–Trinajstić information content (AvgIpc) is 3.06. The highest BCUT2D eigenvalue weighted by Gasteiger charge is 2.47. The lowest BCUT2D eigenvalue weighted by Crippen LogP contribution is -2.37. The van der Waals surface area contributed by atoms with Crippen LogP contribution in [0.25, 0.3) is 0 Å². The number of ether oxygens (including phenoxy) is 2. The van der Waals surface area contributed by atoms with Gasteiger partial charge in [0.25, 0.3) is 0 Å². The summed E-state index contributed by atoms with van der Waals surface area (Å²) in [4.78, 5) is 41.5. The van der Waals surface area contributed by atoms with E-state index in [1.54, 1.807) is 12.0 Å². The molecule has 1 aromatic carbocycles. The van der Waals surface area contributed by atoms with Gasteiger partial charge in [0, 0.05) is 26.1 Å². The van der Waals surface area contributed by atoms with E-state index >= 15 is 0 Å². The van der Waals surface area contributed by atoms with Gasteiger partial charge in [-0.15, -0.1) is 0 Å². The van der Waals surface area contributed by atoms with Crippen LogP contribution in [0.4, 0.5) is 0 Å². The summed E-state index contributed by atoms with van der Waals surface area (Å²) in [5, 5.41) is 0. The largest absolute Gasteiger partial charge is 0.493 e. The molecule has 32 heavy (non-hydrogen) atoms. The van der Waals surface area contributed by atoms with Crippen LogP contribution in [0.1, 0.15) is 64.4 Å². The van der Waals surface area contributed by atoms with Crippen molar-refractivity contribution < 1.29 is 23.9 Å². The summed E-state index contributed by atoms with van der Waals surface area (Å²) >= 11 is 0. The van der Waals surface area contributed by atoms with Gasteiger partial charge in [0.15, 0.2) is 11.5 Å². The number of benzene rings is 1. The molecule has 176 valence electrons. The number of likely N-dealkylation sites (tertiary alicyclic amines) is 1. The van der Waals surface area contributed by atoms with Gasteiger partial charge in [0.1, 0.15) is 0 Å². The first-order valence-corrected chi connectivity index (χ1v) is 11.9. The molecule has 0 aromatic heterocycles. The first-order valence-electron chi connectivity index (χ1n) is 11.9. The molecule has 0 unspecified atom stereocenters. The fourth-order valence-electron chi connectivity index (χ4n) is 4.74. The zero-order chi connectivity index (χ0) is 23.1. The highest BCUT2D eigenvalue weighted by molar-refractivity contribution is 6.05. The maximum Gasteiger partial charge on any atom is 0.233 e. The van der Waals surface area contributed by atoms with Gasteiger partial charge in [-0.3, -0.25) is 19.3 Å². The van der Waals surface area contributed by atoms with Crippen LogP contribution in [0.5, 0.6) is 11.5 Å². The van der Waals surface area contributed by atoms with E-state index in [2.05, 4.69) is 0 Å². The lowest BCUT2D eigenvalue weighted by molar-refractivity contribution is -0.141. The minimum absolute atomic E-state index is 0.0485. The molecule has 0 N–H and O–H groups in total. The van der Waals surface area contributed by atoms with Gasteiger partial charge in [-0.1, -0.05) is 32.8 Å². The Morgan fingerprint density at radius 1 is 1.06 bits per heavy atom. The molecular formula is C25H36N2O5. The molecule has 1 heterocycles. The molecule has 7 heteroatoms.